The molecule has 2 rings (SSSR count). The smallest absolute Gasteiger partial charge is 0.244 e. The third kappa shape index (κ3) is 11.2. The molecule has 2 amide bonds. The number of rotatable bonds is 12. The van der Waals surface area contributed by atoms with E-state index in [9.17, 15) is 9.59 Å². The van der Waals surface area contributed by atoms with Gasteiger partial charge in [-0.15, -0.1) is 0 Å². The molecule has 0 aromatic heterocycles. The molecule has 0 bridgehead atoms. The number of carbonyl (C=O) groups is 2. The molecule has 0 heterocycles. The lowest BCUT2D eigenvalue weighted by atomic mass is 10.1. The highest BCUT2D eigenvalue weighted by Gasteiger charge is 2.10. The number of allylic oxidation sites excluding steroid dienone is 1. The molecule has 0 aliphatic rings. The number of nitrogens with zero attached hydrogens (tertiary/aromatic N) is 2. The number of para-hydroxylation sites is 2. The molecule has 0 radical (unpaired) electrons. The molecule has 6 heteroatoms. The Morgan fingerprint density at radius 2 is 1.42 bits per heavy atom. The number of nitrogens with two attached hydrogens (primary N) is 2. The van der Waals surface area contributed by atoms with Gasteiger partial charge in [0.2, 0.25) is 11.8 Å². The number of hydrogen-bond acceptors (Lipinski definition) is 4. The summed E-state index contributed by atoms with van der Waals surface area (Å²) in [5.41, 5.74) is 13.6. The predicted octanol–water partition coefficient (Wildman–Crippen LogP) is 4.41. The SMILES string of the molecule is C=C(CCN(c1ccccc1)c1ccccc1)C(N)=O.CCN(C)CCCC=C(C)C(N)=O. The largest absolute Gasteiger partial charge is 0.366 e. The van der Waals surface area contributed by atoms with Crippen molar-refractivity contribution in [2.24, 2.45) is 11.5 Å². The first-order chi connectivity index (χ1) is 15.8. The van der Waals surface area contributed by atoms with Crippen LogP contribution in [0.5, 0.6) is 0 Å². The molecule has 4 N–H and O–H groups in total. The van der Waals surface area contributed by atoms with Crippen LogP contribution in [0.4, 0.5) is 11.4 Å². The number of benzene rings is 2. The van der Waals surface area contributed by atoms with Crippen molar-refractivity contribution >= 4 is 23.2 Å². The van der Waals surface area contributed by atoms with Crippen molar-refractivity contribution in [3.05, 3.63) is 84.5 Å². The van der Waals surface area contributed by atoms with Gasteiger partial charge in [-0.05, 0) is 70.6 Å². The summed E-state index contributed by atoms with van der Waals surface area (Å²) in [6.07, 6.45) is 4.46. The van der Waals surface area contributed by atoms with Crippen LogP contribution in [0.3, 0.4) is 0 Å². The van der Waals surface area contributed by atoms with Gasteiger partial charge in [-0.1, -0.05) is 56.0 Å². The summed E-state index contributed by atoms with van der Waals surface area (Å²) in [6.45, 7) is 10.4. The molecular weight excluding hydrogens is 412 g/mol. The molecule has 0 unspecified atom stereocenters. The zero-order valence-corrected chi connectivity index (χ0v) is 20.2. The predicted molar refractivity (Wildman–Crippen MR) is 138 cm³/mol. The molecule has 0 saturated carbocycles. The van der Waals surface area contributed by atoms with Gasteiger partial charge in [0, 0.05) is 29.1 Å². The summed E-state index contributed by atoms with van der Waals surface area (Å²) >= 11 is 0. The van der Waals surface area contributed by atoms with Crippen LogP contribution >= 0.6 is 0 Å². The Balaban J connectivity index is 0.000000366. The number of amides is 2. The average molecular weight is 451 g/mol. The summed E-state index contributed by atoms with van der Waals surface area (Å²) in [7, 11) is 2.09. The normalized spacial score (nSPS) is 10.8. The van der Waals surface area contributed by atoms with Gasteiger partial charge in [-0.2, -0.15) is 0 Å². The second kappa shape index (κ2) is 15.4. The van der Waals surface area contributed by atoms with Crippen molar-refractivity contribution in [3.8, 4) is 0 Å². The fraction of sp³-hybridized carbons (Fsp3) is 0.333. The van der Waals surface area contributed by atoms with E-state index in [0.29, 0.717) is 24.1 Å². The van der Waals surface area contributed by atoms with Crippen LogP contribution in [0.2, 0.25) is 0 Å². The van der Waals surface area contributed by atoms with Crippen molar-refractivity contribution in [1.82, 2.24) is 4.90 Å². The van der Waals surface area contributed by atoms with E-state index in [2.05, 4.69) is 30.4 Å². The topological polar surface area (TPSA) is 92.7 Å². The second-order valence-electron chi connectivity index (χ2n) is 7.83. The molecule has 0 aliphatic heterocycles. The van der Waals surface area contributed by atoms with Gasteiger partial charge < -0.3 is 21.3 Å². The summed E-state index contributed by atoms with van der Waals surface area (Å²) in [5.74, 6) is -0.755. The van der Waals surface area contributed by atoms with Crippen molar-refractivity contribution < 1.29 is 9.59 Å². The third-order valence-electron chi connectivity index (χ3n) is 5.24. The lowest BCUT2D eigenvalue weighted by Crippen LogP contribution is -2.22. The molecule has 33 heavy (non-hydrogen) atoms. The van der Waals surface area contributed by atoms with Crippen LogP contribution in [-0.4, -0.2) is 43.4 Å². The third-order valence-corrected chi connectivity index (χ3v) is 5.24. The van der Waals surface area contributed by atoms with E-state index >= 15 is 0 Å². The molecule has 0 fully saturated rings. The summed E-state index contributed by atoms with van der Waals surface area (Å²) in [6, 6.07) is 20.1. The maximum absolute atomic E-state index is 11.1. The fourth-order valence-corrected chi connectivity index (χ4v) is 2.93. The van der Waals surface area contributed by atoms with E-state index in [-0.39, 0.29) is 5.91 Å². The van der Waals surface area contributed by atoms with Gasteiger partial charge >= 0.3 is 0 Å². The second-order valence-corrected chi connectivity index (χ2v) is 7.83. The number of carbonyl (C=O) groups excluding carboxylic acids is 2. The summed E-state index contributed by atoms with van der Waals surface area (Å²) in [4.78, 5) is 26.1. The van der Waals surface area contributed by atoms with Crippen LogP contribution in [-0.2, 0) is 9.59 Å². The van der Waals surface area contributed by atoms with Crippen LogP contribution in [0.1, 0.15) is 33.1 Å². The minimum absolute atomic E-state index is 0.316. The standard InChI is InChI=1S/C17H18N2O.C10H20N2O/c1-14(17(18)20)12-13-19(15-8-4-2-5-9-15)16-10-6-3-7-11-16;1-4-12(3)8-6-5-7-9(2)10(11)13/h2-11H,1,12-13H2,(H2,18,20);7H,4-6,8H2,1-3H3,(H2,11,13). The molecule has 178 valence electrons. The minimum Gasteiger partial charge on any atom is -0.366 e. The highest BCUT2D eigenvalue weighted by molar-refractivity contribution is 5.91. The van der Waals surface area contributed by atoms with E-state index in [1.165, 1.54) is 0 Å². The summed E-state index contributed by atoms with van der Waals surface area (Å²) < 4.78 is 0. The number of primary amides is 2. The van der Waals surface area contributed by atoms with Gasteiger partial charge in [-0.25, -0.2) is 0 Å². The Morgan fingerprint density at radius 1 is 0.909 bits per heavy atom. The highest BCUT2D eigenvalue weighted by atomic mass is 16.1. The van der Waals surface area contributed by atoms with E-state index in [0.717, 1.165) is 37.3 Å². The maximum atomic E-state index is 11.1. The molecule has 0 saturated heterocycles. The first-order valence-corrected chi connectivity index (χ1v) is 11.3. The quantitative estimate of drug-likeness (QED) is 0.370. The minimum atomic E-state index is -0.439. The molecule has 0 spiro atoms. The van der Waals surface area contributed by atoms with Crippen LogP contribution < -0.4 is 16.4 Å². The Morgan fingerprint density at radius 3 is 1.85 bits per heavy atom. The van der Waals surface area contributed by atoms with E-state index in [4.69, 9.17) is 11.5 Å². The molecule has 2 aromatic rings. The van der Waals surface area contributed by atoms with E-state index in [1.54, 1.807) is 6.92 Å². The van der Waals surface area contributed by atoms with Crippen LogP contribution in [0.15, 0.2) is 84.5 Å². The lowest BCUT2D eigenvalue weighted by Gasteiger charge is -2.25. The highest BCUT2D eigenvalue weighted by Crippen LogP contribution is 2.25. The number of unbranched alkanes of at least 4 members (excludes halogenated alkanes) is 1. The van der Waals surface area contributed by atoms with Gasteiger partial charge in [0.05, 0.1) is 0 Å². The number of hydrogen-bond donors (Lipinski definition) is 2. The Kier molecular flexibility index (Phi) is 12.9. The van der Waals surface area contributed by atoms with Crippen LogP contribution in [0.25, 0.3) is 0 Å². The fourth-order valence-electron chi connectivity index (χ4n) is 2.93. The van der Waals surface area contributed by atoms with Gasteiger partial charge in [0.15, 0.2) is 0 Å². The number of anilines is 2. The Labute approximate surface area is 198 Å². The van der Waals surface area contributed by atoms with Crippen molar-refractivity contribution in [2.45, 2.75) is 33.1 Å². The summed E-state index contributed by atoms with van der Waals surface area (Å²) in [5, 5.41) is 0. The Bertz CT molecular complexity index is 855. The Hall–Kier alpha value is -3.38. The zero-order chi connectivity index (χ0) is 24.6. The molecule has 0 aliphatic carbocycles. The van der Waals surface area contributed by atoms with Crippen molar-refractivity contribution in [2.75, 3.05) is 31.6 Å². The van der Waals surface area contributed by atoms with Gasteiger partial charge in [0.25, 0.3) is 0 Å². The van der Waals surface area contributed by atoms with Crippen LogP contribution in [0, 0.1) is 0 Å². The van der Waals surface area contributed by atoms with E-state index < -0.39 is 5.91 Å². The van der Waals surface area contributed by atoms with E-state index in [1.807, 2.05) is 66.7 Å². The molecule has 6 nitrogen and oxygen atoms in total. The zero-order valence-electron chi connectivity index (χ0n) is 20.2. The first kappa shape index (κ1) is 27.7. The van der Waals surface area contributed by atoms with Crippen molar-refractivity contribution in [3.63, 3.8) is 0 Å². The average Bonchev–Trinajstić information content (AvgIpc) is 2.83. The molecule has 2 aromatic carbocycles. The molecular formula is C27H38N4O2. The lowest BCUT2D eigenvalue weighted by molar-refractivity contribution is -0.115. The van der Waals surface area contributed by atoms with Gasteiger partial charge in [-0.3, -0.25) is 9.59 Å². The van der Waals surface area contributed by atoms with Crippen molar-refractivity contribution in [1.29, 1.82) is 0 Å². The monoisotopic (exact) mass is 450 g/mol. The first-order valence-electron chi connectivity index (χ1n) is 11.3. The maximum Gasteiger partial charge on any atom is 0.244 e. The van der Waals surface area contributed by atoms with Gasteiger partial charge in [0.1, 0.15) is 0 Å². The molecule has 0 atom stereocenters.